The Kier molecular flexibility index (Phi) is 7.47. The zero-order valence-electron chi connectivity index (χ0n) is 15.3. The summed E-state index contributed by atoms with van der Waals surface area (Å²) >= 11 is 1.53. The lowest BCUT2D eigenvalue weighted by atomic mass is 10.2. The van der Waals surface area contributed by atoms with Gasteiger partial charge in [-0.3, -0.25) is 9.59 Å². The molecule has 1 heterocycles. The number of anilines is 1. The first-order chi connectivity index (χ1) is 12.5. The van der Waals surface area contributed by atoms with Gasteiger partial charge in [-0.2, -0.15) is 0 Å². The predicted octanol–water partition coefficient (Wildman–Crippen LogP) is 3.19. The molecule has 0 spiro atoms. The van der Waals surface area contributed by atoms with Gasteiger partial charge in [0.05, 0.1) is 26.2 Å². The number of thiophene rings is 1. The van der Waals surface area contributed by atoms with E-state index in [4.69, 9.17) is 9.47 Å². The fraction of sp³-hybridized carbons (Fsp3) is 0.368. The van der Waals surface area contributed by atoms with Crippen LogP contribution in [0.5, 0.6) is 11.5 Å². The van der Waals surface area contributed by atoms with E-state index in [0.29, 0.717) is 36.8 Å². The number of carbonyl (C=O) groups excluding carboxylic acids is 2. The Hall–Kier alpha value is -2.54. The number of benzene rings is 1. The number of nitrogens with zero attached hydrogens (tertiary/aromatic N) is 1. The molecular weight excluding hydrogens is 352 g/mol. The van der Waals surface area contributed by atoms with Gasteiger partial charge >= 0.3 is 0 Å². The lowest BCUT2D eigenvalue weighted by Crippen LogP contribution is -2.35. The van der Waals surface area contributed by atoms with Crippen LogP contribution in [0, 0.1) is 0 Å². The highest BCUT2D eigenvalue weighted by Crippen LogP contribution is 2.30. The minimum atomic E-state index is -0.265. The second-order valence-corrected chi connectivity index (χ2v) is 6.61. The summed E-state index contributed by atoms with van der Waals surface area (Å²) in [6.45, 7) is 4.80. The number of ether oxygens (including phenoxy) is 2. The van der Waals surface area contributed by atoms with Gasteiger partial charge in [-0.05, 0) is 37.4 Å². The van der Waals surface area contributed by atoms with E-state index in [1.165, 1.54) is 16.2 Å². The standard InChI is InChI=1S/C19H24N2O4S/c1-4-24-16-9-8-14(11-17(16)25-5-2)20-18(22)13-21(3)19(23)12-15-7-6-10-26-15/h6-11H,4-5,12-13H2,1-3H3,(H,20,22). The van der Waals surface area contributed by atoms with E-state index in [2.05, 4.69) is 5.32 Å². The quantitative estimate of drug-likeness (QED) is 0.730. The molecule has 0 aliphatic carbocycles. The van der Waals surface area contributed by atoms with E-state index < -0.39 is 0 Å². The van der Waals surface area contributed by atoms with Crippen LogP contribution in [0.25, 0.3) is 0 Å². The van der Waals surface area contributed by atoms with Gasteiger partial charge in [-0.15, -0.1) is 11.3 Å². The maximum absolute atomic E-state index is 12.2. The molecule has 0 radical (unpaired) electrons. The molecule has 0 fully saturated rings. The van der Waals surface area contributed by atoms with Crippen LogP contribution >= 0.6 is 11.3 Å². The van der Waals surface area contributed by atoms with Crippen LogP contribution in [-0.2, 0) is 16.0 Å². The van der Waals surface area contributed by atoms with Gasteiger partial charge < -0.3 is 19.7 Å². The lowest BCUT2D eigenvalue weighted by molar-refractivity contribution is -0.132. The van der Waals surface area contributed by atoms with Crippen LogP contribution in [0.15, 0.2) is 35.7 Å². The van der Waals surface area contributed by atoms with E-state index in [9.17, 15) is 9.59 Å². The third-order valence-electron chi connectivity index (χ3n) is 3.54. The molecule has 0 atom stereocenters. The number of nitrogens with one attached hydrogen (secondary N) is 1. The summed E-state index contributed by atoms with van der Waals surface area (Å²) in [7, 11) is 1.62. The molecule has 6 nitrogen and oxygen atoms in total. The summed E-state index contributed by atoms with van der Waals surface area (Å²) in [5.74, 6) is 0.854. The van der Waals surface area contributed by atoms with Crippen molar-refractivity contribution in [1.29, 1.82) is 0 Å². The van der Waals surface area contributed by atoms with Crippen molar-refractivity contribution >= 4 is 28.8 Å². The van der Waals surface area contributed by atoms with Crippen molar-refractivity contribution in [3.63, 3.8) is 0 Å². The van der Waals surface area contributed by atoms with Gasteiger partial charge in [0.2, 0.25) is 11.8 Å². The third-order valence-corrected chi connectivity index (χ3v) is 4.42. The van der Waals surface area contributed by atoms with E-state index in [1.807, 2.05) is 31.4 Å². The summed E-state index contributed by atoms with van der Waals surface area (Å²) < 4.78 is 11.1. The Morgan fingerprint density at radius 3 is 2.50 bits per heavy atom. The van der Waals surface area contributed by atoms with Crippen LogP contribution in [0.3, 0.4) is 0 Å². The molecule has 0 aliphatic heterocycles. The van der Waals surface area contributed by atoms with Crippen molar-refractivity contribution in [3.8, 4) is 11.5 Å². The molecule has 0 saturated heterocycles. The zero-order valence-corrected chi connectivity index (χ0v) is 16.1. The van der Waals surface area contributed by atoms with E-state index in [0.717, 1.165) is 4.88 Å². The van der Waals surface area contributed by atoms with Gasteiger partial charge in [-0.25, -0.2) is 0 Å². The van der Waals surface area contributed by atoms with E-state index in [-0.39, 0.29) is 18.4 Å². The molecule has 26 heavy (non-hydrogen) atoms. The first kappa shape index (κ1) is 19.8. The summed E-state index contributed by atoms with van der Waals surface area (Å²) in [5, 5.41) is 4.72. The lowest BCUT2D eigenvalue weighted by Gasteiger charge is -2.17. The van der Waals surface area contributed by atoms with Gasteiger partial charge in [0, 0.05) is 23.7 Å². The maximum atomic E-state index is 12.2. The Morgan fingerprint density at radius 1 is 1.12 bits per heavy atom. The minimum absolute atomic E-state index is 0.0125. The van der Waals surface area contributed by atoms with Gasteiger partial charge in [-0.1, -0.05) is 6.07 Å². The molecular formula is C19H24N2O4S. The Balaban J connectivity index is 1.93. The van der Waals surface area contributed by atoms with Crippen molar-refractivity contribution in [2.45, 2.75) is 20.3 Å². The summed E-state index contributed by atoms with van der Waals surface area (Å²) in [6.07, 6.45) is 0.305. The van der Waals surface area contributed by atoms with E-state index >= 15 is 0 Å². The fourth-order valence-electron chi connectivity index (χ4n) is 2.33. The smallest absolute Gasteiger partial charge is 0.243 e. The average molecular weight is 376 g/mol. The largest absolute Gasteiger partial charge is 0.490 e. The third kappa shape index (κ3) is 5.77. The maximum Gasteiger partial charge on any atom is 0.243 e. The molecule has 2 rings (SSSR count). The Morgan fingerprint density at radius 2 is 1.85 bits per heavy atom. The highest BCUT2D eigenvalue weighted by molar-refractivity contribution is 7.10. The highest BCUT2D eigenvalue weighted by atomic mass is 32.1. The SMILES string of the molecule is CCOc1ccc(NC(=O)CN(C)C(=O)Cc2cccs2)cc1OCC. The Bertz CT molecular complexity index is 731. The van der Waals surface area contributed by atoms with Crippen molar-refractivity contribution in [1.82, 2.24) is 4.90 Å². The summed E-state index contributed by atoms with van der Waals surface area (Å²) in [4.78, 5) is 26.8. The predicted molar refractivity (Wildman–Crippen MR) is 103 cm³/mol. The molecule has 0 aliphatic rings. The number of carbonyl (C=O) groups is 2. The second kappa shape index (κ2) is 9.82. The van der Waals surface area contributed by atoms with Gasteiger partial charge in [0.15, 0.2) is 11.5 Å². The molecule has 2 amide bonds. The number of amides is 2. The van der Waals surface area contributed by atoms with Crippen molar-refractivity contribution in [3.05, 3.63) is 40.6 Å². The first-order valence-electron chi connectivity index (χ1n) is 8.49. The Labute approximate surface area is 157 Å². The van der Waals surface area contributed by atoms with Crippen molar-refractivity contribution in [2.24, 2.45) is 0 Å². The molecule has 7 heteroatoms. The number of rotatable bonds is 9. The average Bonchev–Trinajstić information content (AvgIpc) is 3.10. The normalized spacial score (nSPS) is 10.3. The number of hydrogen-bond donors (Lipinski definition) is 1. The monoisotopic (exact) mass is 376 g/mol. The molecule has 1 aromatic heterocycles. The zero-order chi connectivity index (χ0) is 18.9. The molecule has 140 valence electrons. The van der Waals surface area contributed by atoms with Crippen LogP contribution in [0.2, 0.25) is 0 Å². The summed E-state index contributed by atoms with van der Waals surface area (Å²) in [6, 6.07) is 9.04. The molecule has 1 aromatic carbocycles. The van der Waals surface area contributed by atoms with Crippen LogP contribution < -0.4 is 14.8 Å². The van der Waals surface area contributed by atoms with Crippen molar-refractivity contribution < 1.29 is 19.1 Å². The topological polar surface area (TPSA) is 67.9 Å². The molecule has 0 bridgehead atoms. The van der Waals surface area contributed by atoms with Crippen LogP contribution in [0.1, 0.15) is 18.7 Å². The minimum Gasteiger partial charge on any atom is -0.490 e. The molecule has 1 N–H and O–H groups in total. The van der Waals surface area contributed by atoms with Crippen molar-refractivity contribution in [2.75, 3.05) is 32.1 Å². The van der Waals surface area contributed by atoms with Crippen LogP contribution in [-0.4, -0.2) is 43.5 Å². The van der Waals surface area contributed by atoms with Crippen LogP contribution in [0.4, 0.5) is 5.69 Å². The number of likely N-dealkylation sites (N-methyl/N-ethyl adjacent to an activating group) is 1. The van der Waals surface area contributed by atoms with Gasteiger partial charge in [0.1, 0.15) is 0 Å². The summed E-state index contributed by atoms with van der Waals surface area (Å²) in [5.41, 5.74) is 0.598. The second-order valence-electron chi connectivity index (χ2n) is 5.58. The highest BCUT2D eigenvalue weighted by Gasteiger charge is 2.15. The van der Waals surface area contributed by atoms with E-state index in [1.54, 1.807) is 25.2 Å². The molecule has 2 aromatic rings. The first-order valence-corrected chi connectivity index (χ1v) is 9.37. The number of hydrogen-bond acceptors (Lipinski definition) is 5. The molecule has 0 saturated carbocycles. The molecule has 0 unspecified atom stereocenters. The fourth-order valence-corrected chi connectivity index (χ4v) is 3.03. The van der Waals surface area contributed by atoms with Gasteiger partial charge in [0.25, 0.3) is 0 Å².